The number of aryl methyl sites for hydroxylation is 1. The first-order chi connectivity index (χ1) is 16.3. The molecule has 2 N–H and O–H groups in total. The van der Waals surface area contributed by atoms with Crippen molar-refractivity contribution in [3.63, 3.8) is 0 Å². The molecule has 184 valence electrons. The third kappa shape index (κ3) is 6.83. The van der Waals surface area contributed by atoms with Crippen molar-refractivity contribution >= 4 is 17.6 Å². The van der Waals surface area contributed by atoms with Gasteiger partial charge in [-0.3, -0.25) is 4.98 Å². The quantitative estimate of drug-likeness (QED) is 0.490. The third-order valence-electron chi connectivity index (χ3n) is 5.27. The molecule has 1 unspecified atom stereocenters. The van der Waals surface area contributed by atoms with E-state index in [1.54, 1.807) is 13.3 Å². The zero-order valence-electron chi connectivity index (χ0n) is 20.3. The van der Waals surface area contributed by atoms with E-state index >= 15 is 0 Å². The van der Waals surface area contributed by atoms with Crippen LogP contribution < -0.4 is 10.6 Å². The van der Waals surface area contributed by atoms with E-state index in [4.69, 9.17) is 9.73 Å². The van der Waals surface area contributed by atoms with Gasteiger partial charge >= 0.3 is 0 Å². The van der Waals surface area contributed by atoms with Crippen molar-refractivity contribution in [2.45, 2.75) is 47.2 Å². The van der Waals surface area contributed by atoms with Gasteiger partial charge in [0.25, 0.3) is 0 Å². The lowest BCUT2D eigenvalue weighted by atomic mass is 10.2. The second kappa shape index (κ2) is 11.7. The van der Waals surface area contributed by atoms with Gasteiger partial charge in [-0.15, -0.1) is 0 Å². The van der Waals surface area contributed by atoms with E-state index in [-0.39, 0.29) is 11.7 Å². The fourth-order valence-corrected chi connectivity index (χ4v) is 3.30. The summed E-state index contributed by atoms with van der Waals surface area (Å²) in [5.41, 5.74) is 0.977. The molecule has 2 aromatic rings. The number of rotatable bonds is 6. The molecule has 0 aromatic carbocycles. The molecule has 0 saturated carbocycles. The lowest BCUT2D eigenvalue weighted by molar-refractivity contribution is 0.0678. The number of anilines is 1. The number of aromatic nitrogens is 3. The highest BCUT2D eigenvalue weighted by molar-refractivity contribution is 5.96. The Morgan fingerprint density at radius 2 is 1.94 bits per heavy atom. The average Bonchev–Trinajstić information content (AvgIpc) is 3.26. The van der Waals surface area contributed by atoms with Crippen molar-refractivity contribution in [3.05, 3.63) is 53.5 Å². The van der Waals surface area contributed by atoms with Crippen molar-refractivity contribution in [1.29, 1.82) is 0 Å². The van der Waals surface area contributed by atoms with Gasteiger partial charge in [0.15, 0.2) is 0 Å². The number of guanidine groups is 1. The number of imidazole rings is 1. The largest absolute Gasteiger partial charge is 0.378 e. The minimum Gasteiger partial charge on any atom is -0.378 e. The lowest BCUT2D eigenvalue weighted by Crippen LogP contribution is -2.40. The van der Waals surface area contributed by atoms with E-state index in [1.807, 2.05) is 38.5 Å². The molecule has 2 aromatic heterocycles. The van der Waals surface area contributed by atoms with Crippen molar-refractivity contribution in [3.8, 4) is 0 Å². The number of morpholine rings is 1. The molecule has 0 aliphatic carbocycles. The summed E-state index contributed by atoms with van der Waals surface area (Å²) in [6.07, 6.45) is 4.61. The van der Waals surface area contributed by atoms with Crippen molar-refractivity contribution in [2.75, 3.05) is 31.6 Å². The Hall–Kier alpha value is -3.34. The highest BCUT2D eigenvalue weighted by Crippen LogP contribution is 2.19. The summed E-state index contributed by atoms with van der Waals surface area (Å²) in [5, 5.41) is 6.49. The molecular formula is C23H32F2N8O. The van der Waals surface area contributed by atoms with E-state index in [9.17, 15) is 8.78 Å². The molecule has 3 heterocycles. The Bertz CT molecular complexity index is 1070. The smallest absolute Gasteiger partial charge is 0.225 e. The first-order valence-corrected chi connectivity index (χ1v) is 11.3. The summed E-state index contributed by atoms with van der Waals surface area (Å²) in [6.45, 7) is 13.0. The van der Waals surface area contributed by atoms with E-state index in [0.29, 0.717) is 37.9 Å². The van der Waals surface area contributed by atoms with Crippen LogP contribution >= 0.6 is 0 Å². The second-order valence-electron chi connectivity index (χ2n) is 8.12. The number of pyridine rings is 1. The first-order valence-electron chi connectivity index (χ1n) is 11.3. The molecular weight excluding hydrogens is 442 g/mol. The number of hydrogen-bond acceptors (Lipinski definition) is 5. The number of ether oxygens (including phenoxy) is 1. The van der Waals surface area contributed by atoms with E-state index in [2.05, 4.69) is 30.5 Å². The highest BCUT2D eigenvalue weighted by Gasteiger charge is 2.17. The molecule has 1 saturated heterocycles. The topological polar surface area (TPSA) is 92.0 Å². The second-order valence-corrected chi connectivity index (χ2v) is 8.12. The molecule has 9 nitrogen and oxygen atoms in total. The van der Waals surface area contributed by atoms with Crippen molar-refractivity contribution < 1.29 is 13.5 Å². The number of aliphatic imine (C=N–C) groups is 2. The molecule has 0 amide bonds. The first kappa shape index (κ1) is 25.3. The molecule has 34 heavy (non-hydrogen) atoms. The molecule has 11 heteroatoms. The zero-order valence-corrected chi connectivity index (χ0v) is 20.3. The van der Waals surface area contributed by atoms with Gasteiger partial charge in [0, 0.05) is 31.9 Å². The fraction of sp³-hybridized carbons (Fsp3) is 0.478. The van der Waals surface area contributed by atoms with Crippen LogP contribution in [-0.4, -0.2) is 57.5 Å². The van der Waals surface area contributed by atoms with Crippen LogP contribution in [0.1, 0.15) is 46.4 Å². The van der Waals surface area contributed by atoms with Crippen molar-refractivity contribution in [1.82, 2.24) is 24.8 Å². The van der Waals surface area contributed by atoms with Gasteiger partial charge in [-0.2, -0.15) is 0 Å². The molecule has 1 atom stereocenters. The number of nitrogens with one attached hydrogen (secondary N) is 2. The lowest BCUT2D eigenvalue weighted by Gasteiger charge is -2.28. The molecule has 1 aliphatic rings. The minimum absolute atomic E-state index is 0.0355. The van der Waals surface area contributed by atoms with E-state index in [1.165, 1.54) is 0 Å². The Morgan fingerprint density at radius 3 is 2.56 bits per heavy atom. The van der Waals surface area contributed by atoms with Crippen LogP contribution in [-0.2, 0) is 11.3 Å². The summed E-state index contributed by atoms with van der Waals surface area (Å²) in [7, 11) is 0. The summed E-state index contributed by atoms with van der Waals surface area (Å²) in [5.74, 6) is 0.837. The van der Waals surface area contributed by atoms with Gasteiger partial charge in [0.1, 0.15) is 34.8 Å². The number of amidine groups is 1. The minimum atomic E-state index is -0.754. The van der Waals surface area contributed by atoms with E-state index in [0.717, 1.165) is 30.2 Å². The Morgan fingerprint density at radius 1 is 1.21 bits per heavy atom. The van der Waals surface area contributed by atoms with E-state index < -0.39 is 17.7 Å². The number of halogens is 2. The molecule has 0 spiro atoms. The predicted octanol–water partition coefficient (Wildman–Crippen LogP) is 3.70. The third-order valence-corrected chi connectivity index (χ3v) is 5.27. The van der Waals surface area contributed by atoms with Crippen LogP contribution in [0.2, 0.25) is 0 Å². The summed E-state index contributed by atoms with van der Waals surface area (Å²) in [6, 6.07) is 0.0960. The maximum absolute atomic E-state index is 14.3. The molecule has 3 rings (SSSR count). The van der Waals surface area contributed by atoms with Gasteiger partial charge in [0.05, 0.1) is 31.8 Å². The normalized spacial score (nSPS) is 15.8. The summed E-state index contributed by atoms with van der Waals surface area (Å²) in [4.78, 5) is 19.6. The molecule has 0 radical (unpaired) electrons. The maximum atomic E-state index is 14.3. The monoisotopic (exact) mass is 474 g/mol. The Labute approximate surface area is 198 Å². The summed E-state index contributed by atoms with van der Waals surface area (Å²) >= 11 is 0. The van der Waals surface area contributed by atoms with Gasteiger partial charge < -0.3 is 24.8 Å². The molecule has 1 fully saturated rings. The number of allylic oxidation sites excluding steroid dienone is 1. The SMILES string of the molecule is CCn1cnc(NC(NC(=NC(C)c2ncc(F)cc2F)/N=C(\C)N2CCOCC2)=C(C)C)c1. The van der Waals surface area contributed by atoms with Gasteiger partial charge in [-0.05, 0) is 40.2 Å². The number of nitrogens with zero attached hydrogens (tertiary/aromatic N) is 6. The van der Waals surface area contributed by atoms with Gasteiger partial charge in [0.2, 0.25) is 5.96 Å². The maximum Gasteiger partial charge on any atom is 0.225 e. The van der Waals surface area contributed by atoms with Crippen LogP contribution in [0, 0.1) is 11.6 Å². The van der Waals surface area contributed by atoms with Gasteiger partial charge in [-0.25, -0.2) is 23.7 Å². The van der Waals surface area contributed by atoms with Crippen LogP contribution in [0.3, 0.4) is 0 Å². The summed E-state index contributed by atoms with van der Waals surface area (Å²) < 4.78 is 35.0. The Balaban J connectivity index is 1.92. The van der Waals surface area contributed by atoms with Crippen molar-refractivity contribution in [2.24, 2.45) is 9.98 Å². The average molecular weight is 475 g/mol. The standard InChI is InChI=1S/C23H32F2N8O/c1-6-32-13-20(27-14-32)30-22(15(2)3)31-23(29-17(5)33-7-9-34-10-8-33)28-16(4)21-19(25)11-18(24)12-26-21/h11-14,16,30H,6-10H2,1-5H3,(H,28,31)/b29-17+. The molecule has 0 bridgehead atoms. The van der Waals surface area contributed by atoms with Crippen LogP contribution in [0.5, 0.6) is 0 Å². The number of hydrogen-bond donors (Lipinski definition) is 2. The van der Waals surface area contributed by atoms with Crippen LogP contribution in [0.15, 0.2) is 46.2 Å². The van der Waals surface area contributed by atoms with Gasteiger partial charge in [-0.1, -0.05) is 0 Å². The highest BCUT2D eigenvalue weighted by atomic mass is 19.1. The zero-order chi connectivity index (χ0) is 24.7. The predicted molar refractivity (Wildman–Crippen MR) is 129 cm³/mol. The van der Waals surface area contributed by atoms with Crippen LogP contribution in [0.25, 0.3) is 0 Å². The van der Waals surface area contributed by atoms with Crippen LogP contribution in [0.4, 0.5) is 14.6 Å². The fourth-order valence-electron chi connectivity index (χ4n) is 3.30. The Kier molecular flexibility index (Phi) is 8.69. The molecule has 1 aliphatic heterocycles.